The van der Waals surface area contributed by atoms with Crippen LogP contribution in [0.15, 0.2) is 18.2 Å². The first-order valence-corrected chi connectivity index (χ1v) is 8.28. The zero-order valence-corrected chi connectivity index (χ0v) is 11.2. The monoisotopic (exact) mass is 266 g/mol. The minimum Gasteiger partial charge on any atom is -0.385 e. The zero-order valence-electron chi connectivity index (χ0n) is 10.4. The number of hydrogen-bond acceptors (Lipinski definition) is 4. The highest BCUT2D eigenvalue weighted by Crippen LogP contribution is 2.27. The van der Waals surface area contributed by atoms with E-state index >= 15 is 0 Å². The predicted molar refractivity (Wildman–Crippen MR) is 74.1 cm³/mol. The first kappa shape index (κ1) is 11.8. The molecule has 1 fully saturated rings. The van der Waals surface area contributed by atoms with Gasteiger partial charge in [-0.1, -0.05) is 0 Å². The maximum Gasteiger partial charge on any atom is 0.153 e. The summed E-state index contributed by atoms with van der Waals surface area (Å²) in [6, 6.07) is 6.42. The van der Waals surface area contributed by atoms with E-state index in [9.17, 15) is 8.42 Å². The lowest BCUT2D eigenvalue weighted by Crippen LogP contribution is -2.40. The Morgan fingerprint density at radius 2 is 1.94 bits per heavy atom. The molecule has 2 aliphatic rings. The number of hydrogen-bond donors (Lipinski definition) is 1. The van der Waals surface area contributed by atoms with Gasteiger partial charge < -0.3 is 10.2 Å². The normalized spacial score (nSPS) is 22.1. The highest BCUT2D eigenvalue weighted by Gasteiger charge is 2.22. The van der Waals surface area contributed by atoms with Gasteiger partial charge in [0.2, 0.25) is 0 Å². The summed E-state index contributed by atoms with van der Waals surface area (Å²) in [7, 11) is -2.80. The van der Waals surface area contributed by atoms with E-state index in [-0.39, 0.29) is 11.5 Å². The molecule has 1 aromatic carbocycles. The van der Waals surface area contributed by atoms with Gasteiger partial charge in [-0.2, -0.15) is 0 Å². The number of nitrogens with one attached hydrogen (secondary N) is 1. The maximum absolute atomic E-state index is 11.4. The fourth-order valence-corrected chi connectivity index (χ4v) is 3.83. The Kier molecular flexibility index (Phi) is 2.93. The molecule has 0 spiro atoms. The molecule has 0 saturated carbocycles. The van der Waals surface area contributed by atoms with E-state index < -0.39 is 9.84 Å². The lowest BCUT2D eigenvalue weighted by atomic mass is 10.0. The van der Waals surface area contributed by atoms with E-state index in [4.69, 9.17) is 0 Å². The molecular formula is C13H18N2O2S. The molecule has 0 atom stereocenters. The highest BCUT2D eigenvalue weighted by atomic mass is 32.2. The van der Waals surface area contributed by atoms with Gasteiger partial charge in [0.1, 0.15) is 0 Å². The van der Waals surface area contributed by atoms with Crippen molar-refractivity contribution < 1.29 is 8.42 Å². The number of sulfone groups is 1. The summed E-state index contributed by atoms with van der Waals surface area (Å²) < 4.78 is 22.8. The van der Waals surface area contributed by atoms with Crippen molar-refractivity contribution in [1.82, 2.24) is 0 Å². The molecule has 1 aromatic rings. The van der Waals surface area contributed by atoms with Crippen LogP contribution < -0.4 is 10.2 Å². The second-order valence-electron chi connectivity index (χ2n) is 5.01. The molecule has 18 heavy (non-hydrogen) atoms. The van der Waals surface area contributed by atoms with Gasteiger partial charge in [-0.3, -0.25) is 0 Å². The average Bonchev–Trinajstić information content (AvgIpc) is 2.38. The van der Waals surface area contributed by atoms with Crippen LogP contribution in [-0.4, -0.2) is 39.6 Å². The molecule has 0 bridgehead atoms. The van der Waals surface area contributed by atoms with Crippen LogP contribution in [0.4, 0.5) is 11.4 Å². The summed E-state index contributed by atoms with van der Waals surface area (Å²) in [4.78, 5) is 2.18. The highest BCUT2D eigenvalue weighted by molar-refractivity contribution is 7.91. The Morgan fingerprint density at radius 1 is 1.17 bits per heavy atom. The number of nitrogens with zero attached hydrogens (tertiary/aromatic N) is 1. The molecule has 0 unspecified atom stereocenters. The molecule has 0 aromatic heterocycles. The Labute approximate surface area is 108 Å². The third kappa shape index (κ3) is 2.32. The van der Waals surface area contributed by atoms with Crippen LogP contribution in [0.5, 0.6) is 0 Å². The van der Waals surface area contributed by atoms with Crippen LogP contribution in [0.25, 0.3) is 0 Å². The van der Waals surface area contributed by atoms with Crippen molar-refractivity contribution in [3.63, 3.8) is 0 Å². The molecule has 5 heteroatoms. The van der Waals surface area contributed by atoms with Crippen LogP contribution in [0.3, 0.4) is 0 Å². The molecule has 0 aliphatic carbocycles. The van der Waals surface area contributed by atoms with Gasteiger partial charge >= 0.3 is 0 Å². The minimum absolute atomic E-state index is 0.280. The minimum atomic E-state index is -2.80. The second-order valence-corrected chi connectivity index (χ2v) is 7.31. The van der Waals surface area contributed by atoms with Crippen molar-refractivity contribution in [3.05, 3.63) is 23.8 Å². The number of aryl methyl sites for hydroxylation is 1. The first-order valence-electron chi connectivity index (χ1n) is 6.46. The predicted octanol–water partition coefficient (Wildman–Crippen LogP) is 1.28. The second kappa shape index (κ2) is 4.46. The smallest absolute Gasteiger partial charge is 0.153 e. The molecule has 2 heterocycles. The summed E-state index contributed by atoms with van der Waals surface area (Å²) in [6.07, 6.45) is 2.28. The zero-order chi connectivity index (χ0) is 12.6. The third-order valence-electron chi connectivity index (χ3n) is 3.74. The van der Waals surface area contributed by atoms with Gasteiger partial charge in [-0.25, -0.2) is 8.42 Å². The average molecular weight is 266 g/mol. The fourth-order valence-electron chi connectivity index (χ4n) is 2.63. The van der Waals surface area contributed by atoms with Crippen molar-refractivity contribution in [3.8, 4) is 0 Å². The van der Waals surface area contributed by atoms with Crippen molar-refractivity contribution in [2.45, 2.75) is 12.8 Å². The molecule has 1 saturated heterocycles. The maximum atomic E-state index is 11.4. The molecule has 98 valence electrons. The standard InChI is InChI=1S/C13H18N2O2S/c16-18(17)8-6-15(7-9-18)12-3-4-13-11(10-12)2-1-5-14-13/h3-4,10,14H,1-2,5-9H2. The summed E-state index contributed by atoms with van der Waals surface area (Å²) in [5, 5.41) is 3.39. The van der Waals surface area contributed by atoms with Crippen molar-refractivity contribution in [1.29, 1.82) is 0 Å². The van der Waals surface area contributed by atoms with Gasteiger partial charge in [-0.15, -0.1) is 0 Å². The molecule has 2 aliphatic heterocycles. The summed E-state index contributed by atoms with van der Waals surface area (Å²) >= 11 is 0. The van der Waals surface area contributed by atoms with Crippen LogP contribution in [0, 0.1) is 0 Å². The number of rotatable bonds is 1. The van der Waals surface area contributed by atoms with E-state index in [1.54, 1.807) is 0 Å². The van der Waals surface area contributed by atoms with Gasteiger partial charge in [0.05, 0.1) is 11.5 Å². The lowest BCUT2D eigenvalue weighted by molar-refractivity contribution is 0.587. The topological polar surface area (TPSA) is 49.4 Å². The molecule has 4 nitrogen and oxygen atoms in total. The van der Waals surface area contributed by atoms with E-state index in [1.807, 2.05) is 0 Å². The van der Waals surface area contributed by atoms with Crippen molar-refractivity contribution >= 4 is 21.2 Å². The van der Waals surface area contributed by atoms with E-state index in [2.05, 4.69) is 28.4 Å². The summed E-state index contributed by atoms with van der Waals surface area (Å²) in [5.41, 5.74) is 3.74. The van der Waals surface area contributed by atoms with Gasteiger partial charge in [-0.05, 0) is 36.6 Å². The van der Waals surface area contributed by atoms with E-state index in [0.29, 0.717) is 13.1 Å². The molecule has 3 rings (SSSR count). The van der Waals surface area contributed by atoms with Gasteiger partial charge in [0, 0.05) is 31.0 Å². The van der Waals surface area contributed by atoms with E-state index in [1.165, 1.54) is 17.7 Å². The quantitative estimate of drug-likeness (QED) is 0.832. The Balaban J connectivity index is 1.81. The van der Waals surface area contributed by atoms with Crippen LogP contribution in [-0.2, 0) is 16.3 Å². The molecular weight excluding hydrogens is 248 g/mol. The summed E-state index contributed by atoms with van der Waals surface area (Å²) in [5.74, 6) is 0.560. The lowest BCUT2D eigenvalue weighted by Gasteiger charge is -2.30. The van der Waals surface area contributed by atoms with E-state index in [0.717, 1.165) is 18.7 Å². The van der Waals surface area contributed by atoms with Gasteiger partial charge in [0.15, 0.2) is 9.84 Å². The molecule has 0 amide bonds. The fraction of sp³-hybridized carbons (Fsp3) is 0.538. The van der Waals surface area contributed by atoms with Crippen LogP contribution >= 0.6 is 0 Å². The summed E-state index contributed by atoms with van der Waals surface area (Å²) in [6.45, 7) is 2.29. The molecule has 1 N–H and O–H groups in total. The van der Waals surface area contributed by atoms with Crippen LogP contribution in [0.2, 0.25) is 0 Å². The SMILES string of the molecule is O=S1(=O)CCN(c2ccc3c(c2)CCCN3)CC1. The van der Waals surface area contributed by atoms with Crippen LogP contribution in [0.1, 0.15) is 12.0 Å². The van der Waals surface area contributed by atoms with Crippen molar-refractivity contribution in [2.24, 2.45) is 0 Å². The number of benzene rings is 1. The Morgan fingerprint density at radius 3 is 2.72 bits per heavy atom. The Bertz CT molecular complexity index is 540. The molecule has 0 radical (unpaired) electrons. The number of anilines is 2. The number of fused-ring (bicyclic) bond motifs is 1. The third-order valence-corrected chi connectivity index (χ3v) is 5.35. The van der Waals surface area contributed by atoms with Gasteiger partial charge in [0.25, 0.3) is 0 Å². The first-order chi connectivity index (χ1) is 8.64. The Hall–Kier alpha value is -1.23. The van der Waals surface area contributed by atoms with Crippen molar-refractivity contribution in [2.75, 3.05) is 41.4 Å². The largest absolute Gasteiger partial charge is 0.385 e.